The Hall–Kier alpha value is -2.00. The van der Waals surface area contributed by atoms with E-state index in [0.29, 0.717) is 36.8 Å². The number of amides is 1. The third kappa shape index (κ3) is 5.79. The Kier molecular flexibility index (Phi) is 6.49. The zero-order chi connectivity index (χ0) is 18.4. The van der Waals surface area contributed by atoms with Crippen molar-refractivity contribution in [2.75, 3.05) is 37.1 Å². The van der Waals surface area contributed by atoms with E-state index >= 15 is 0 Å². The maximum atomic E-state index is 12.1. The van der Waals surface area contributed by atoms with Gasteiger partial charge in [0.15, 0.2) is 11.5 Å². The molecular formula is C16H24N2O6S. The van der Waals surface area contributed by atoms with Gasteiger partial charge in [-0.25, -0.2) is 8.42 Å². The van der Waals surface area contributed by atoms with E-state index in [1.807, 2.05) is 13.8 Å². The standard InChI is InChI=1S/C16H24N2O6S/c1-12(2)22-8-4-7-17-16(19)10-18(25(3,20)21)13-5-6-14-15(9-13)24-11-23-14/h5-6,9,12H,4,7-8,10-11H2,1-3H3,(H,17,19). The first-order valence-corrected chi connectivity index (χ1v) is 9.88. The van der Waals surface area contributed by atoms with Gasteiger partial charge >= 0.3 is 0 Å². The lowest BCUT2D eigenvalue weighted by Crippen LogP contribution is -2.40. The molecule has 0 aromatic heterocycles. The quantitative estimate of drug-likeness (QED) is 0.653. The highest BCUT2D eigenvalue weighted by molar-refractivity contribution is 7.92. The monoisotopic (exact) mass is 372 g/mol. The van der Waals surface area contributed by atoms with E-state index in [0.717, 1.165) is 10.6 Å². The van der Waals surface area contributed by atoms with Crippen LogP contribution in [0, 0.1) is 0 Å². The Labute approximate surface area is 148 Å². The number of rotatable bonds is 9. The number of hydrogen-bond donors (Lipinski definition) is 1. The molecule has 9 heteroatoms. The topological polar surface area (TPSA) is 94.2 Å². The van der Waals surface area contributed by atoms with Gasteiger partial charge in [0.2, 0.25) is 22.7 Å². The molecule has 1 aliphatic heterocycles. The first kappa shape index (κ1) is 19.3. The summed E-state index contributed by atoms with van der Waals surface area (Å²) in [4.78, 5) is 12.1. The summed E-state index contributed by atoms with van der Waals surface area (Å²) in [7, 11) is -3.63. The summed E-state index contributed by atoms with van der Waals surface area (Å²) >= 11 is 0. The molecule has 140 valence electrons. The molecule has 0 aliphatic carbocycles. The van der Waals surface area contributed by atoms with Crippen LogP contribution in [0.5, 0.6) is 11.5 Å². The fourth-order valence-corrected chi connectivity index (χ4v) is 3.09. The average Bonchev–Trinajstić information content (AvgIpc) is 2.98. The molecule has 0 atom stereocenters. The van der Waals surface area contributed by atoms with E-state index < -0.39 is 10.0 Å². The third-order valence-electron chi connectivity index (χ3n) is 3.43. The van der Waals surface area contributed by atoms with Gasteiger partial charge in [0.25, 0.3) is 0 Å². The molecule has 0 saturated heterocycles. The predicted octanol–water partition coefficient (Wildman–Crippen LogP) is 1.11. The third-order valence-corrected chi connectivity index (χ3v) is 4.57. The SMILES string of the molecule is CC(C)OCCCNC(=O)CN(c1ccc2c(c1)OCO2)S(C)(=O)=O. The number of nitrogens with zero attached hydrogens (tertiary/aromatic N) is 1. The molecule has 1 N–H and O–H groups in total. The first-order valence-electron chi connectivity index (χ1n) is 8.03. The minimum Gasteiger partial charge on any atom is -0.454 e. The van der Waals surface area contributed by atoms with Crippen LogP contribution in [0.2, 0.25) is 0 Å². The Bertz CT molecular complexity index is 705. The zero-order valence-electron chi connectivity index (χ0n) is 14.6. The molecule has 8 nitrogen and oxygen atoms in total. The summed E-state index contributed by atoms with van der Waals surface area (Å²) < 4.78 is 41.0. The highest BCUT2D eigenvalue weighted by Crippen LogP contribution is 2.35. The Morgan fingerprint density at radius 3 is 2.72 bits per heavy atom. The molecule has 2 rings (SSSR count). The van der Waals surface area contributed by atoms with Crippen LogP contribution in [0.3, 0.4) is 0 Å². The number of sulfonamides is 1. The maximum Gasteiger partial charge on any atom is 0.240 e. The summed E-state index contributed by atoms with van der Waals surface area (Å²) in [5.41, 5.74) is 0.352. The van der Waals surface area contributed by atoms with Crippen LogP contribution in [0.25, 0.3) is 0 Å². The van der Waals surface area contributed by atoms with Gasteiger partial charge in [0, 0.05) is 19.2 Å². The fourth-order valence-electron chi connectivity index (χ4n) is 2.25. The van der Waals surface area contributed by atoms with Crippen molar-refractivity contribution in [1.82, 2.24) is 5.32 Å². The zero-order valence-corrected chi connectivity index (χ0v) is 15.5. The summed E-state index contributed by atoms with van der Waals surface area (Å²) in [5.74, 6) is 0.622. The molecule has 25 heavy (non-hydrogen) atoms. The van der Waals surface area contributed by atoms with Crippen LogP contribution >= 0.6 is 0 Å². The second-order valence-electron chi connectivity index (χ2n) is 5.93. The fraction of sp³-hybridized carbons (Fsp3) is 0.562. The highest BCUT2D eigenvalue weighted by Gasteiger charge is 2.23. The summed E-state index contributed by atoms with van der Waals surface area (Å²) in [6.45, 7) is 4.63. The molecule has 0 radical (unpaired) electrons. The largest absolute Gasteiger partial charge is 0.454 e. The Balaban J connectivity index is 1.96. The van der Waals surface area contributed by atoms with E-state index in [-0.39, 0.29) is 25.3 Å². The lowest BCUT2D eigenvalue weighted by Gasteiger charge is -2.22. The number of ether oxygens (including phenoxy) is 3. The molecule has 0 bridgehead atoms. The maximum absolute atomic E-state index is 12.1. The van der Waals surface area contributed by atoms with Gasteiger partial charge < -0.3 is 19.5 Å². The van der Waals surface area contributed by atoms with Crippen LogP contribution in [0.15, 0.2) is 18.2 Å². The molecule has 1 amide bonds. The van der Waals surface area contributed by atoms with Gasteiger partial charge in [-0.3, -0.25) is 9.10 Å². The molecule has 0 fully saturated rings. The van der Waals surface area contributed by atoms with Gasteiger partial charge in [0.1, 0.15) is 6.54 Å². The predicted molar refractivity (Wildman–Crippen MR) is 93.5 cm³/mol. The minimum absolute atomic E-state index is 0.0938. The molecule has 0 unspecified atom stereocenters. The van der Waals surface area contributed by atoms with Gasteiger partial charge in [-0.15, -0.1) is 0 Å². The molecule has 1 heterocycles. The number of carbonyl (C=O) groups is 1. The number of benzene rings is 1. The van der Waals surface area contributed by atoms with Gasteiger partial charge in [0.05, 0.1) is 18.0 Å². The van der Waals surface area contributed by atoms with Crippen molar-refractivity contribution in [1.29, 1.82) is 0 Å². The van der Waals surface area contributed by atoms with Gasteiger partial charge in [-0.05, 0) is 32.4 Å². The van der Waals surface area contributed by atoms with Gasteiger partial charge in [-0.1, -0.05) is 0 Å². The smallest absolute Gasteiger partial charge is 0.240 e. The molecular weight excluding hydrogens is 348 g/mol. The van der Waals surface area contributed by atoms with Crippen LogP contribution in [0.1, 0.15) is 20.3 Å². The lowest BCUT2D eigenvalue weighted by atomic mass is 10.3. The van der Waals surface area contributed by atoms with Gasteiger partial charge in [-0.2, -0.15) is 0 Å². The average molecular weight is 372 g/mol. The minimum atomic E-state index is -3.63. The van der Waals surface area contributed by atoms with Crippen molar-refractivity contribution in [3.05, 3.63) is 18.2 Å². The highest BCUT2D eigenvalue weighted by atomic mass is 32.2. The number of fused-ring (bicyclic) bond motifs is 1. The molecule has 1 aromatic carbocycles. The summed E-state index contributed by atoms with van der Waals surface area (Å²) in [5, 5.41) is 2.70. The number of hydrogen-bond acceptors (Lipinski definition) is 6. The van der Waals surface area contributed by atoms with Crippen molar-refractivity contribution in [3.63, 3.8) is 0 Å². The van der Waals surface area contributed by atoms with Crippen LogP contribution in [-0.2, 0) is 19.6 Å². The molecule has 1 aromatic rings. The summed E-state index contributed by atoms with van der Waals surface area (Å²) in [6, 6.07) is 4.75. The first-order chi connectivity index (χ1) is 11.8. The van der Waals surface area contributed by atoms with E-state index in [1.165, 1.54) is 0 Å². The van der Waals surface area contributed by atoms with Crippen molar-refractivity contribution in [3.8, 4) is 11.5 Å². The number of carbonyl (C=O) groups excluding carboxylic acids is 1. The summed E-state index contributed by atoms with van der Waals surface area (Å²) in [6.07, 6.45) is 1.86. The van der Waals surface area contributed by atoms with E-state index in [2.05, 4.69) is 5.32 Å². The normalized spacial score (nSPS) is 13.1. The van der Waals surface area contributed by atoms with Crippen LogP contribution in [0.4, 0.5) is 5.69 Å². The van der Waals surface area contributed by atoms with E-state index in [4.69, 9.17) is 14.2 Å². The lowest BCUT2D eigenvalue weighted by molar-refractivity contribution is -0.119. The van der Waals surface area contributed by atoms with Crippen molar-refractivity contribution < 1.29 is 27.4 Å². The second kappa shape index (κ2) is 8.39. The van der Waals surface area contributed by atoms with Crippen LogP contribution in [-0.4, -0.2) is 53.2 Å². The van der Waals surface area contributed by atoms with Crippen LogP contribution < -0.4 is 19.1 Å². The Morgan fingerprint density at radius 1 is 1.32 bits per heavy atom. The van der Waals surface area contributed by atoms with E-state index in [9.17, 15) is 13.2 Å². The second-order valence-corrected chi connectivity index (χ2v) is 7.84. The molecule has 0 saturated carbocycles. The Morgan fingerprint density at radius 2 is 2.04 bits per heavy atom. The number of nitrogens with one attached hydrogen (secondary N) is 1. The van der Waals surface area contributed by atoms with Crippen molar-refractivity contribution in [2.45, 2.75) is 26.4 Å². The van der Waals surface area contributed by atoms with Crippen molar-refractivity contribution in [2.24, 2.45) is 0 Å². The number of anilines is 1. The molecule has 0 spiro atoms. The van der Waals surface area contributed by atoms with Crippen molar-refractivity contribution >= 4 is 21.6 Å². The molecule has 1 aliphatic rings. The van der Waals surface area contributed by atoms with E-state index in [1.54, 1.807) is 18.2 Å².